The highest BCUT2D eigenvalue weighted by atomic mass is 35.5. The number of anilines is 2. The van der Waals surface area contributed by atoms with Gasteiger partial charge in [-0.25, -0.2) is 0 Å². The van der Waals surface area contributed by atoms with Crippen LogP contribution in [0, 0.1) is 13.8 Å². The number of amides is 2. The maximum absolute atomic E-state index is 14.6. The molecule has 1 atom stereocenters. The van der Waals surface area contributed by atoms with Crippen LogP contribution in [0.15, 0.2) is 89.1 Å². The fourth-order valence-corrected chi connectivity index (χ4v) is 5.42. The van der Waals surface area contributed by atoms with Gasteiger partial charge in [0.15, 0.2) is 0 Å². The Morgan fingerprint density at radius 1 is 0.870 bits per heavy atom. The zero-order chi connectivity index (χ0) is 33.4. The zero-order valence-electron chi connectivity index (χ0n) is 24.4. The van der Waals surface area contributed by atoms with Crippen molar-refractivity contribution in [3.63, 3.8) is 0 Å². The van der Waals surface area contributed by atoms with E-state index in [0.717, 1.165) is 12.2 Å². The molecule has 5 rings (SSSR count). The van der Waals surface area contributed by atoms with Crippen LogP contribution in [0.3, 0.4) is 0 Å². The summed E-state index contributed by atoms with van der Waals surface area (Å²) in [6.45, 7) is 3.11. The first-order valence-corrected chi connectivity index (χ1v) is 14.3. The monoisotopic (exact) mass is 661 g/mol. The van der Waals surface area contributed by atoms with Gasteiger partial charge in [-0.05, 0) is 85.8 Å². The standard InChI is InChI=1S/C33H26ClF6N3O3/c1-18-14-24(31(33(38,39)40)17-27(43-46-31)20-8-12-25(34)13-9-20)15-19(2)28(18)42-30(45)22-4-3-5-26(16-22)41-29(44)21-6-10-23(11-7-21)32(35,36)37/h3-6,8-10,12-16H,7,11,17H2,1-2H3,(H,41,44)(H,42,45). The summed E-state index contributed by atoms with van der Waals surface area (Å²) in [6.07, 6.45) is -8.29. The fourth-order valence-electron chi connectivity index (χ4n) is 5.29. The second-order valence-electron chi connectivity index (χ2n) is 11.0. The van der Waals surface area contributed by atoms with Crippen LogP contribution in [-0.2, 0) is 15.2 Å². The van der Waals surface area contributed by atoms with E-state index >= 15 is 0 Å². The van der Waals surface area contributed by atoms with Gasteiger partial charge in [-0.2, -0.15) is 26.3 Å². The van der Waals surface area contributed by atoms with E-state index in [0.29, 0.717) is 21.7 Å². The first kappa shape index (κ1) is 32.8. The number of hydrogen-bond acceptors (Lipinski definition) is 4. The smallest absolute Gasteiger partial charge is 0.374 e. The SMILES string of the molecule is Cc1cc(C2(C(F)(F)F)CC(c3ccc(Cl)cc3)=NO2)cc(C)c1NC(=O)c1cccc(NC(=O)C2=CC=C(C(F)(F)F)CC2)c1. The maximum atomic E-state index is 14.6. The minimum absolute atomic E-state index is 0.0961. The molecular weight excluding hydrogens is 636 g/mol. The summed E-state index contributed by atoms with van der Waals surface area (Å²) in [4.78, 5) is 31.0. The summed E-state index contributed by atoms with van der Waals surface area (Å²) < 4.78 is 82.4. The topological polar surface area (TPSA) is 79.8 Å². The number of hydrogen-bond donors (Lipinski definition) is 2. The minimum atomic E-state index is -4.83. The highest BCUT2D eigenvalue weighted by molar-refractivity contribution is 6.30. The molecule has 0 fully saturated rings. The minimum Gasteiger partial charge on any atom is -0.374 e. The summed E-state index contributed by atoms with van der Waals surface area (Å²) in [6, 6.07) is 14.7. The molecule has 0 aromatic heterocycles. The first-order valence-electron chi connectivity index (χ1n) is 14.0. The Kier molecular flexibility index (Phi) is 8.78. The van der Waals surface area contributed by atoms with Gasteiger partial charge < -0.3 is 15.5 Å². The molecule has 1 aliphatic carbocycles. The third kappa shape index (κ3) is 6.67. The van der Waals surface area contributed by atoms with E-state index in [9.17, 15) is 35.9 Å². The van der Waals surface area contributed by atoms with E-state index < -0.39 is 41.8 Å². The van der Waals surface area contributed by atoms with E-state index in [1.807, 2.05) is 0 Å². The molecule has 1 aliphatic heterocycles. The van der Waals surface area contributed by atoms with Crippen molar-refractivity contribution < 1.29 is 40.8 Å². The highest BCUT2D eigenvalue weighted by Crippen LogP contribution is 2.49. The number of nitrogens with zero attached hydrogens (tertiary/aromatic N) is 1. The second-order valence-corrected chi connectivity index (χ2v) is 11.4. The number of benzene rings is 3. The summed E-state index contributed by atoms with van der Waals surface area (Å²) in [7, 11) is 0. The molecule has 0 saturated carbocycles. The number of nitrogens with one attached hydrogen (secondary N) is 2. The van der Waals surface area contributed by atoms with Gasteiger partial charge in [0.05, 0.1) is 5.71 Å². The lowest BCUT2D eigenvalue weighted by atomic mass is 9.84. The number of carbonyl (C=O) groups excluding carboxylic acids is 2. The number of rotatable bonds is 6. The molecule has 0 radical (unpaired) electrons. The van der Waals surface area contributed by atoms with Crippen molar-refractivity contribution in [1.29, 1.82) is 0 Å². The fraction of sp³-hybridized carbons (Fsp3) is 0.242. The van der Waals surface area contributed by atoms with Crippen molar-refractivity contribution in [3.05, 3.63) is 117 Å². The molecule has 3 aromatic rings. The molecule has 2 N–H and O–H groups in total. The predicted octanol–water partition coefficient (Wildman–Crippen LogP) is 8.94. The molecule has 240 valence electrons. The number of allylic oxidation sites excluding steroid dienone is 3. The molecule has 0 bridgehead atoms. The van der Waals surface area contributed by atoms with Crippen molar-refractivity contribution in [1.82, 2.24) is 0 Å². The van der Waals surface area contributed by atoms with Crippen molar-refractivity contribution >= 4 is 40.5 Å². The number of alkyl halides is 6. The van der Waals surface area contributed by atoms with Gasteiger partial charge in [0.2, 0.25) is 0 Å². The Morgan fingerprint density at radius 2 is 1.54 bits per heavy atom. The first-order chi connectivity index (χ1) is 21.6. The normalized spacial score (nSPS) is 18.2. The van der Waals surface area contributed by atoms with Crippen molar-refractivity contribution in [3.8, 4) is 0 Å². The number of aryl methyl sites for hydroxylation is 2. The lowest BCUT2D eigenvalue weighted by Crippen LogP contribution is -2.42. The maximum Gasteiger partial charge on any atom is 0.435 e. The molecule has 46 heavy (non-hydrogen) atoms. The van der Waals surface area contributed by atoms with Gasteiger partial charge in [-0.3, -0.25) is 9.59 Å². The third-order valence-electron chi connectivity index (χ3n) is 7.79. The summed E-state index contributed by atoms with van der Waals surface area (Å²) >= 11 is 5.91. The van der Waals surface area contributed by atoms with E-state index in [1.165, 1.54) is 36.4 Å². The average molecular weight is 662 g/mol. The van der Waals surface area contributed by atoms with Crippen LogP contribution < -0.4 is 10.6 Å². The zero-order valence-corrected chi connectivity index (χ0v) is 25.1. The van der Waals surface area contributed by atoms with Crippen LogP contribution in [0.1, 0.15) is 51.9 Å². The van der Waals surface area contributed by atoms with Gasteiger partial charge >= 0.3 is 12.4 Å². The van der Waals surface area contributed by atoms with Crippen molar-refractivity contribution in [2.75, 3.05) is 10.6 Å². The van der Waals surface area contributed by atoms with Crippen LogP contribution in [0.4, 0.5) is 37.7 Å². The molecule has 13 heteroatoms. The molecule has 1 unspecified atom stereocenters. The van der Waals surface area contributed by atoms with Crippen LogP contribution in [0.2, 0.25) is 5.02 Å². The van der Waals surface area contributed by atoms with Crippen LogP contribution in [0.25, 0.3) is 0 Å². The van der Waals surface area contributed by atoms with Gasteiger partial charge in [0.1, 0.15) is 0 Å². The van der Waals surface area contributed by atoms with Crippen LogP contribution >= 0.6 is 11.6 Å². The molecule has 2 aliphatic rings. The van der Waals surface area contributed by atoms with Gasteiger partial charge in [0, 0.05) is 45.1 Å². The highest BCUT2D eigenvalue weighted by Gasteiger charge is 2.62. The number of carbonyl (C=O) groups is 2. The Hall–Kier alpha value is -4.58. The van der Waals surface area contributed by atoms with E-state index in [4.69, 9.17) is 16.4 Å². The molecule has 6 nitrogen and oxygen atoms in total. The van der Waals surface area contributed by atoms with E-state index in [2.05, 4.69) is 15.8 Å². The quantitative estimate of drug-likeness (QED) is 0.259. The molecule has 0 spiro atoms. The summed E-state index contributed by atoms with van der Waals surface area (Å²) in [5.74, 6) is -1.20. The number of oxime groups is 1. The van der Waals surface area contributed by atoms with E-state index in [-0.39, 0.29) is 46.6 Å². The van der Waals surface area contributed by atoms with Crippen molar-refractivity contribution in [2.45, 2.75) is 51.1 Å². The lowest BCUT2D eigenvalue weighted by Gasteiger charge is -2.30. The Morgan fingerprint density at radius 3 is 2.13 bits per heavy atom. The van der Waals surface area contributed by atoms with Crippen LogP contribution in [-0.4, -0.2) is 29.9 Å². The Labute approximate surface area is 264 Å². The van der Waals surface area contributed by atoms with Gasteiger partial charge in [-0.1, -0.05) is 47.1 Å². The predicted molar refractivity (Wildman–Crippen MR) is 162 cm³/mol. The molecule has 1 heterocycles. The summed E-state index contributed by atoms with van der Waals surface area (Å²) in [5.41, 5.74) is -1.61. The average Bonchev–Trinajstić information content (AvgIpc) is 3.46. The second kappa shape index (κ2) is 12.3. The number of halogens is 7. The Bertz CT molecular complexity index is 1770. The third-order valence-corrected chi connectivity index (χ3v) is 8.04. The molecule has 3 aromatic carbocycles. The van der Waals surface area contributed by atoms with E-state index in [1.54, 1.807) is 38.1 Å². The largest absolute Gasteiger partial charge is 0.435 e. The molecule has 0 saturated heterocycles. The van der Waals surface area contributed by atoms with Gasteiger partial charge in [-0.15, -0.1) is 0 Å². The van der Waals surface area contributed by atoms with Crippen molar-refractivity contribution in [2.24, 2.45) is 5.16 Å². The lowest BCUT2D eigenvalue weighted by molar-refractivity contribution is -0.275. The summed E-state index contributed by atoms with van der Waals surface area (Å²) in [5, 5.41) is 9.51. The van der Waals surface area contributed by atoms with Crippen LogP contribution in [0.5, 0.6) is 0 Å². The molecular formula is C33H26ClF6N3O3. The Balaban J connectivity index is 1.33. The molecule has 2 amide bonds. The van der Waals surface area contributed by atoms with Gasteiger partial charge in [0.25, 0.3) is 17.4 Å².